The van der Waals surface area contributed by atoms with Gasteiger partial charge in [-0.05, 0) is 43.2 Å². The van der Waals surface area contributed by atoms with Crippen LogP contribution < -0.4 is 0 Å². The van der Waals surface area contributed by atoms with Crippen molar-refractivity contribution in [3.63, 3.8) is 0 Å². The first-order valence-electron chi connectivity index (χ1n) is 9.26. The van der Waals surface area contributed by atoms with Gasteiger partial charge in [-0.15, -0.1) is 0 Å². The van der Waals surface area contributed by atoms with Gasteiger partial charge < -0.3 is 9.47 Å². The highest BCUT2D eigenvalue weighted by Crippen LogP contribution is 2.59. The predicted molar refractivity (Wildman–Crippen MR) is 99.5 cm³/mol. The second-order valence-corrected chi connectivity index (χ2v) is 8.95. The van der Waals surface area contributed by atoms with Crippen molar-refractivity contribution in [1.82, 2.24) is 0 Å². The van der Waals surface area contributed by atoms with Crippen LogP contribution in [0.3, 0.4) is 0 Å². The second kappa shape index (κ2) is 6.57. The van der Waals surface area contributed by atoms with E-state index < -0.39 is 5.60 Å². The minimum absolute atomic E-state index is 0.00583. The van der Waals surface area contributed by atoms with Crippen molar-refractivity contribution in [2.45, 2.75) is 59.2 Å². The lowest BCUT2D eigenvalue weighted by molar-refractivity contribution is -0.151. The molecule has 140 valence electrons. The lowest BCUT2D eigenvalue weighted by Crippen LogP contribution is -2.22. The molecule has 0 radical (unpaired) electrons. The zero-order valence-electron chi connectivity index (χ0n) is 16.2. The number of hydrogen-bond acceptors (Lipinski definition) is 4. The Bertz CT molecular complexity index is 714. The largest absolute Gasteiger partial charge is 0.461 e. The summed E-state index contributed by atoms with van der Waals surface area (Å²) in [7, 11) is 0. The summed E-state index contributed by atoms with van der Waals surface area (Å²) in [6, 6.07) is 8.22. The van der Waals surface area contributed by atoms with E-state index in [9.17, 15) is 9.59 Å². The maximum absolute atomic E-state index is 12.6. The van der Waals surface area contributed by atoms with Gasteiger partial charge in [-0.25, -0.2) is 4.79 Å². The van der Waals surface area contributed by atoms with E-state index in [1.807, 2.05) is 46.8 Å². The molecule has 2 aliphatic rings. The van der Waals surface area contributed by atoms with E-state index in [-0.39, 0.29) is 35.3 Å². The summed E-state index contributed by atoms with van der Waals surface area (Å²) >= 11 is 0. The predicted octanol–water partition coefficient (Wildman–Crippen LogP) is 3.87. The van der Waals surface area contributed by atoms with Gasteiger partial charge in [-0.2, -0.15) is 0 Å². The van der Waals surface area contributed by atoms with Crippen molar-refractivity contribution in [3.8, 4) is 0 Å². The third kappa shape index (κ3) is 4.00. The van der Waals surface area contributed by atoms with Gasteiger partial charge in [0.25, 0.3) is 0 Å². The van der Waals surface area contributed by atoms with Gasteiger partial charge in [0.05, 0.1) is 5.92 Å². The highest BCUT2D eigenvalue weighted by molar-refractivity contribution is 5.83. The van der Waals surface area contributed by atoms with Crippen LogP contribution in [-0.2, 0) is 31.9 Å². The number of fused-ring (bicyclic) bond motifs is 1. The molecule has 0 amide bonds. The second-order valence-electron chi connectivity index (χ2n) is 8.95. The summed E-state index contributed by atoms with van der Waals surface area (Å²) in [5, 5.41) is 0. The zero-order valence-corrected chi connectivity index (χ0v) is 16.2. The summed E-state index contributed by atoms with van der Waals surface area (Å²) in [6.07, 6.45) is 4.73. The van der Waals surface area contributed by atoms with Crippen LogP contribution in [0.15, 0.2) is 36.4 Å². The molecule has 2 atom stereocenters. The maximum Gasteiger partial charge on any atom is 0.330 e. The number of carbonyl (C=O) groups is 2. The fourth-order valence-electron chi connectivity index (χ4n) is 3.84. The molecule has 4 nitrogen and oxygen atoms in total. The van der Waals surface area contributed by atoms with Crippen molar-refractivity contribution >= 4 is 11.9 Å². The summed E-state index contributed by atoms with van der Waals surface area (Å²) in [4.78, 5) is 24.5. The first-order valence-corrected chi connectivity index (χ1v) is 9.26. The third-order valence-electron chi connectivity index (χ3n) is 5.31. The Labute approximate surface area is 155 Å². The minimum Gasteiger partial charge on any atom is -0.461 e. The Morgan fingerprint density at radius 3 is 2.23 bits per heavy atom. The first kappa shape index (κ1) is 18.7. The molecule has 26 heavy (non-hydrogen) atoms. The van der Waals surface area contributed by atoms with Crippen molar-refractivity contribution < 1.29 is 19.1 Å². The van der Waals surface area contributed by atoms with Crippen molar-refractivity contribution in [2.24, 2.45) is 17.3 Å². The van der Waals surface area contributed by atoms with Gasteiger partial charge in [0, 0.05) is 18.9 Å². The lowest BCUT2D eigenvalue weighted by atomic mass is 10.1. The molecule has 0 heterocycles. The van der Waals surface area contributed by atoms with Gasteiger partial charge >= 0.3 is 11.9 Å². The molecule has 0 bridgehead atoms. The van der Waals surface area contributed by atoms with Crippen LogP contribution in [-0.4, -0.2) is 23.6 Å². The number of esters is 2. The number of hydrogen-bond donors (Lipinski definition) is 0. The molecule has 0 aliphatic heterocycles. The fourth-order valence-corrected chi connectivity index (χ4v) is 3.84. The van der Waals surface area contributed by atoms with Crippen LogP contribution in [0.4, 0.5) is 0 Å². The van der Waals surface area contributed by atoms with Crippen molar-refractivity contribution in [1.29, 1.82) is 0 Å². The zero-order chi connectivity index (χ0) is 19.1. The highest BCUT2D eigenvalue weighted by Gasteiger charge is 2.61. The van der Waals surface area contributed by atoms with Crippen LogP contribution in [0, 0.1) is 17.3 Å². The third-order valence-corrected chi connectivity index (χ3v) is 5.31. The molecule has 2 aliphatic carbocycles. The van der Waals surface area contributed by atoms with Gasteiger partial charge in [-0.3, -0.25) is 4.79 Å². The molecule has 4 heteroatoms. The monoisotopic (exact) mass is 356 g/mol. The normalized spacial score (nSPS) is 24.3. The average molecular weight is 356 g/mol. The topological polar surface area (TPSA) is 52.6 Å². The molecule has 1 aromatic carbocycles. The van der Waals surface area contributed by atoms with Crippen LogP contribution in [0.2, 0.25) is 0 Å². The molecule has 1 saturated carbocycles. The number of carbonyl (C=O) groups excluding carboxylic acids is 2. The van der Waals surface area contributed by atoms with Crippen LogP contribution in [0.5, 0.6) is 0 Å². The Morgan fingerprint density at radius 2 is 1.69 bits per heavy atom. The van der Waals surface area contributed by atoms with Gasteiger partial charge in [0.2, 0.25) is 0 Å². The van der Waals surface area contributed by atoms with Gasteiger partial charge in [-0.1, -0.05) is 44.2 Å². The highest BCUT2D eigenvalue weighted by atomic mass is 16.6. The van der Waals surface area contributed by atoms with E-state index >= 15 is 0 Å². The van der Waals surface area contributed by atoms with Crippen LogP contribution in [0.25, 0.3) is 0 Å². The van der Waals surface area contributed by atoms with E-state index in [1.54, 1.807) is 6.08 Å². The fraction of sp³-hybridized carbons (Fsp3) is 0.545. The number of benzene rings is 1. The number of allylic oxidation sites excluding steroid dienone is 1. The van der Waals surface area contributed by atoms with Crippen LogP contribution in [0.1, 0.15) is 45.7 Å². The molecule has 0 N–H and O–H groups in total. The van der Waals surface area contributed by atoms with Gasteiger partial charge in [0.15, 0.2) is 0 Å². The Morgan fingerprint density at radius 1 is 1.12 bits per heavy atom. The summed E-state index contributed by atoms with van der Waals surface area (Å²) in [6.45, 7) is 9.57. The SMILES string of the molecule is CC(C)(C)OC(=O)/C=C\[C@H]1[C@@H](C(=O)OC2Cc3ccccc3C2)C1(C)C. The Kier molecular flexibility index (Phi) is 4.72. The minimum atomic E-state index is -0.518. The summed E-state index contributed by atoms with van der Waals surface area (Å²) < 4.78 is 11.1. The molecule has 0 saturated heterocycles. The smallest absolute Gasteiger partial charge is 0.330 e. The molecule has 1 fully saturated rings. The molecular formula is C22H28O4. The Balaban J connectivity index is 1.56. The molecule has 1 aromatic rings. The number of rotatable bonds is 4. The average Bonchev–Trinajstić information content (AvgIpc) is 2.85. The molecular weight excluding hydrogens is 328 g/mol. The van der Waals surface area contributed by atoms with E-state index in [4.69, 9.17) is 9.47 Å². The van der Waals surface area contributed by atoms with Crippen molar-refractivity contribution in [2.75, 3.05) is 0 Å². The molecule has 0 aromatic heterocycles. The maximum atomic E-state index is 12.6. The summed E-state index contributed by atoms with van der Waals surface area (Å²) in [5.41, 5.74) is 1.82. The number of ether oxygens (including phenoxy) is 2. The van der Waals surface area contributed by atoms with E-state index in [2.05, 4.69) is 12.1 Å². The van der Waals surface area contributed by atoms with E-state index in [0.717, 1.165) is 12.8 Å². The van der Waals surface area contributed by atoms with E-state index in [0.29, 0.717) is 0 Å². The van der Waals surface area contributed by atoms with E-state index in [1.165, 1.54) is 17.2 Å². The lowest BCUT2D eigenvalue weighted by Gasteiger charge is -2.17. The molecule has 0 unspecified atom stereocenters. The molecule has 0 spiro atoms. The standard InChI is InChI=1S/C22H28O4/c1-21(2,3)26-18(23)11-10-17-19(22(17,4)5)20(24)25-16-12-14-8-6-7-9-15(14)13-16/h6-11,16-17,19H,12-13H2,1-5H3/b11-10-/t17-,19-/m0/s1. The van der Waals surface area contributed by atoms with Crippen molar-refractivity contribution in [3.05, 3.63) is 47.5 Å². The first-order chi connectivity index (χ1) is 12.1. The van der Waals surface area contributed by atoms with Gasteiger partial charge in [0.1, 0.15) is 11.7 Å². The Hall–Kier alpha value is -2.10. The summed E-state index contributed by atoms with van der Waals surface area (Å²) in [5.74, 6) is -0.735. The quantitative estimate of drug-likeness (QED) is 0.607. The molecule has 3 rings (SSSR count). The van der Waals surface area contributed by atoms with Crippen LogP contribution >= 0.6 is 0 Å².